The van der Waals surface area contributed by atoms with E-state index in [-0.39, 0.29) is 5.78 Å². The molecule has 142 valence electrons. The Bertz CT molecular complexity index is 1200. The van der Waals surface area contributed by atoms with Crippen LogP contribution in [0.25, 0.3) is 28.2 Å². The summed E-state index contributed by atoms with van der Waals surface area (Å²) < 4.78 is 1.78. The molecule has 3 aromatic heterocycles. The average Bonchev–Trinajstić information content (AvgIpc) is 3.38. The Morgan fingerprint density at radius 1 is 0.966 bits per heavy atom. The summed E-state index contributed by atoms with van der Waals surface area (Å²) >= 11 is 0. The normalized spacial score (nSPS) is 12.9. The molecular formula is C23H19N5O. The third-order valence-corrected chi connectivity index (χ3v) is 5.29. The fraction of sp³-hybridized carbons (Fsp3) is 0.130. The minimum atomic E-state index is 0.223. The van der Waals surface area contributed by atoms with E-state index in [2.05, 4.69) is 16.0 Å². The van der Waals surface area contributed by atoms with Crippen molar-refractivity contribution in [2.75, 3.05) is 0 Å². The fourth-order valence-electron chi connectivity index (χ4n) is 3.72. The molecule has 2 N–H and O–H groups in total. The highest BCUT2D eigenvalue weighted by Crippen LogP contribution is 2.34. The molecule has 3 heterocycles. The second-order valence-corrected chi connectivity index (χ2v) is 7.10. The third-order valence-electron chi connectivity index (χ3n) is 5.29. The van der Waals surface area contributed by atoms with Crippen LogP contribution in [-0.2, 0) is 13.0 Å². The minimum Gasteiger partial charge on any atom is -0.326 e. The lowest BCUT2D eigenvalue weighted by molar-refractivity contribution is 0.0994. The van der Waals surface area contributed by atoms with Crippen LogP contribution in [0.5, 0.6) is 0 Å². The van der Waals surface area contributed by atoms with Crippen molar-refractivity contribution < 1.29 is 4.79 Å². The van der Waals surface area contributed by atoms with Crippen molar-refractivity contribution in [1.82, 2.24) is 19.7 Å². The summed E-state index contributed by atoms with van der Waals surface area (Å²) in [7, 11) is 0. The Hall–Kier alpha value is -3.64. The van der Waals surface area contributed by atoms with Gasteiger partial charge in [-0.05, 0) is 41.3 Å². The number of aryl methyl sites for hydroxylation is 1. The standard InChI is InChI=1S/C23H19N5O/c24-12-15-1-6-22(26-13-15)28-14-20(23(27-28)16-7-9-25-10-8-16)18-2-4-19-17(11-18)3-5-21(19)29/h1-2,4,6-11,13-14H,3,5,12,24H2. The van der Waals surface area contributed by atoms with Gasteiger partial charge in [-0.25, -0.2) is 9.67 Å². The zero-order valence-electron chi connectivity index (χ0n) is 15.7. The molecule has 0 bridgehead atoms. The number of aromatic nitrogens is 4. The number of fused-ring (bicyclic) bond motifs is 1. The van der Waals surface area contributed by atoms with E-state index in [1.807, 2.05) is 42.6 Å². The van der Waals surface area contributed by atoms with Crippen molar-refractivity contribution in [3.8, 4) is 28.2 Å². The van der Waals surface area contributed by atoms with Crippen LogP contribution in [0.3, 0.4) is 0 Å². The first-order valence-electron chi connectivity index (χ1n) is 9.55. The molecule has 1 aromatic carbocycles. The first-order valence-corrected chi connectivity index (χ1v) is 9.55. The molecule has 0 saturated carbocycles. The second-order valence-electron chi connectivity index (χ2n) is 7.10. The molecule has 0 atom stereocenters. The highest BCUT2D eigenvalue weighted by molar-refractivity contribution is 6.01. The summed E-state index contributed by atoms with van der Waals surface area (Å²) in [5, 5.41) is 4.82. The maximum atomic E-state index is 12.0. The highest BCUT2D eigenvalue weighted by atomic mass is 16.1. The van der Waals surface area contributed by atoms with Gasteiger partial charge in [-0.2, -0.15) is 5.10 Å². The van der Waals surface area contributed by atoms with Crippen molar-refractivity contribution in [3.05, 3.63) is 83.9 Å². The number of benzene rings is 1. The van der Waals surface area contributed by atoms with Gasteiger partial charge in [0.1, 0.15) is 5.69 Å². The van der Waals surface area contributed by atoms with Gasteiger partial charge < -0.3 is 5.73 Å². The Labute approximate surface area is 168 Å². The van der Waals surface area contributed by atoms with E-state index >= 15 is 0 Å². The molecule has 0 radical (unpaired) electrons. The number of carbonyl (C=O) groups is 1. The molecule has 6 heteroatoms. The minimum absolute atomic E-state index is 0.223. The number of hydrogen-bond acceptors (Lipinski definition) is 5. The molecule has 0 unspecified atom stereocenters. The quantitative estimate of drug-likeness (QED) is 0.584. The van der Waals surface area contributed by atoms with Crippen molar-refractivity contribution in [3.63, 3.8) is 0 Å². The van der Waals surface area contributed by atoms with Crippen LogP contribution < -0.4 is 5.73 Å². The van der Waals surface area contributed by atoms with Crippen molar-refractivity contribution in [2.24, 2.45) is 5.73 Å². The molecule has 0 saturated heterocycles. The number of nitrogens with zero attached hydrogens (tertiary/aromatic N) is 4. The number of pyridine rings is 2. The first-order chi connectivity index (χ1) is 14.2. The summed E-state index contributed by atoms with van der Waals surface area (Å²) in [4.78, 5) is 20.6. The van der Waals surface area contributed by atoms with Crippen LogP contribution in [0.1, 0.15) is 27.9 Å². The van der Waals surface area contributed by atoms with Crippen molar-refractivity contribution in [1.29, 1.82) is 0 Å². The van der Waals surface area contributed by atoms with E-state index in [0.29, 0.717) is 13.0 Å². The van der Waals surface area contributed by atoms with E-state index in [1.54, 1.807) is 23.3 Å². The number of hydrogen-bond donors (Lipinski definition) is 1. The molecule has 5 rings (SSSR count). The molecule has 0 amide bonds. The van der Waals surface area contributed by atoms with Gasteiger partial charge in [-0.15, -0.1) is 0 Å². The monoisotopic (exact) mass is 381 g/mol. The van der Waals surface area contributed by atoms with Gasteiger partial charge in [0.2, 0.25) is 0 Å². The van der Waals surface area contributed by atoms with Gasteiger partial charge in [-0.1, -0.05) is 24.3 Å². The Balaban J connectivity index is 1.65. The van der Waals surface area contributed by atoms with Crippen molar-refractivity contribution >= 4 is 5.78 Å². The Morgan fingerprint density at radius 2 is 1.83 bits per heavy atom. The molecule has 0 spiro atoms. The van der Waals surface area contributed by atoms with Crippen LogP contribution in [0, 0.1) is 0 Å². The topological polar surface area (TPSA) is 86.7 Å². The summed E-state index contributed by atoms with van der Waals surface area (Å²) in [6.07, 6.45) is 8.65. The lowest BCUT2D eigenvalue weighted by Gasteiger charge is -2.05. The fourth-order valence-corrected chi connectivity index (χ4v) is 3.72. The maximum absolute atomic E-state index is 12.0. The van der Waals surface area contributed by atoms with Gasteiger partial charge >= 0.3 is 0 Å². The first kappa shape index (κ1) is 17.5. The number of rotatable bonds is 4. The molecule has 4 aromatic rings. The summed E-state index contributed by atoms with van der Waals surface area (Å²) in [6.45, 7) is 0.452. The SMILES string of the molecule is NCc1ccc(-n2cc(-c3ccc4c(c3)CCC4=O)c(-c3ccncc3)n2)nc1. The van der Waals surface area contributed by atoms with Crippen LogP contribution >= 0.6 is 0 Å². The summed E-state index contributed by atoms with van der Waals surface area (Å²) in [6, 6.07) is 13.8. The lowest BCUT2D eigenvalue weighted by atomic mass is 9.98. The van der Waals surface area contributed by atoms with E-state index in [4.69, 9.17) is 10.8 Å². The number of Topliss-reactive ketones (excluding diaryl/α,β-unsaturated/α-hetero) is 1. The van der Waals surface area contributed by atoms with Crippen LogP contribution in [-0.4, -0.2) is 25.5 Å². The zero-order valence-corrected chi connectivity index (χ0v) is 15.7. The van der Waals surface area contributed by atoms with Gasteiger partial charge in [0, 0.05) is 54.4 Å². The zero-order chi connectivity index (χ0) is 19.8. The predicted molar refractivity (Wildman–Crippen MR) is 111 cm³/mol. The molecular weight excluding hydrogens is 362 g/mol. The van der Waals surface area contributed by atoms with Gasteiger partial charge in [-0.3, -0.25) is 9.78 Å². The molecule has 1 aliphatic carbocycles. The van der Waals surface area contributed by atoms with E-state index in [9.17, 15) is 4.79 Å². The van der Waals surface area contributed by atoms with Gasteiger partial charge in [0.25, 0.3) is 0 Å². The van der Waals surface area contributed by atoms with Crippen LogP contribution in [0.15, 0.2) is 67.3 Å². The smallest absolute Gasteiger partial charge is 0.163 e. The number of carbonyl (C=O) groups excluding carboxylic acids is 1. The summed E-state index contributed by atoms with van der Waals surface area (Å²) in [5.41, 5.74) is 12.4. The van der Waals surface area contributed by atoms with Crippen molar-refractivity contribution in [2.45, 2.75) is 19.4 Å². The van der Waals surface area contributed by atoms with Gasteiger partial charge in [0.15, 0.2) is 11.6 Å². The van der Waals surface area contributed by atoms with E-state index in [0.717, 1.165) is 51.3 Å². The molecule has 6 nitrogen and oxygen atoms in total. The Morgan fingerprint density at radius 3 is 2.59 bits per heavy atom. The molecule has 1 aliphatic rings. The average molecular weight is 381 g/mol. The molecule has 0 fully saturated rings. The largest absolute Gasteiger partial charge is 0.326 e. The third kappa shape index (κ3) is 3.13. The molecule has 0 aliphatic heterocycles. The van der Waals surface area contributed by atoms with E-state index in [1.165, 1.54) is 0 Å². The highest BCUT2D eigenvalue weighted by Gasteiger charge is 2.21. The van der Waals surface area contributed by atoms with E-state index < -0.39 is 0 Å². The number of nitrogens with two attached hydrogens (primary N) is 1. The molecule has 29 heavy (non-hydrogen) atoms. The lowest BCUT2D eigenvalue weighted by Crippen LogP contribution is -2.01. The maximum Gasteiger partial charge on any atom is 0.163 e. The van der Waals surface area contributed by atoms with Gasteiger partial charge in [0.05, 0.1) is 0 Å². The van der Waals surface area contributed by atoms with Crippen LogP contribution in [0.4, 0.5) is 0 Å². The summed E-state index contributed by atoms with van der Waals surface area (Å²) in [5.74, 6) is 0.945. The Kier molecular flexibility index (Phi) is 4.26. The second kappa shape index (κ2) is 7.07. The predicted octanol–water partition coefficient (Wildman–Crippen LogP) is 3.58. The number of ketones is 1. The van der Waals surface area contributed by atoms with Crippen LogP contribution in [0.2, 0.25) is 0 Å².